The Bertz CT molecular complexity index is 718. The van der Waals surface area contributed by atoms with Crippen LogP contribution in [0, 0.1) is 0 Å². The van der Waals surface area contributed by atoms with Gasteiger partial charge in [-0.2, -0.15) is 0 Å². The number of aromatic nitrogens is 4. The molecule has 0 aliphatic rings. The molecule has 7 heteroatoms. The van der Waals surface area contributed by atoms with E-state index in [2.05, 4.69) is 25.3 Å². The molecule has 0 atom stereocenters. The van der Waals surface area contributed by atoms with Gasteiger partial charge in [0.2, 0.25) is 6.41 Å². The van der Waals surface area contributed by atoms with Crippen molar-refractivity contribution in [2.24, 2.45) is 0 Å². The molecule has 134 valence electrons. The minimum Gasteiger partial charge on any atom is -0.359 e. The van der Waals surface area contributed by atoms with E-state index in [9.17, 15) is 4.79 Å². The number of hydrogen-bond acceptors (Lipinski definition) is 5. The van der Waals surface area contributed by atoms with Crippen molar-refractivity contribution in [2.75, 3.05) is 6.54 Å². The second-order valence-corrected chi connectivity index (χ2v) is 4.77. The molecule has 0 aliphatic carbocycles. The zero-order valence-electron chi connectivity index (χ0n) is 14.3. The van der Waals surface area contributed by atoms with E-state index in [0.29, 0.717) is 6.41 Å². The van der Waals surface area contributed by atoms with Gasteiger partial charge in [0.25, 0.3) is 0 Å². The van der Waals surface area contributed by atoms with Gasteiger partial charge in [-0.1, -0.05) is 0 Å². The Morgan fingerprint density at radius 3 is 1.23 bits per heavy atom. The van der Waals surface area contributed by atoms with Crippen LogP contribution < -0.4 is 5.32 Å². The Balaban J connectivity index is 0.000000204. The average molecular weight is 370 g/mol. The van der Waals surface area contributed by atoms with Gasteiger partial charge in [0.05, 0.1) is 22.1 Å². The summed E-state index contributed by atoms with van der Waals surface area (Å²) in [5.74, 6) is 0. The fourth-order valence-electron chi connectivity index (χ4n) is 1.89. The molecule has 26 heavy (non-hydrogen) atoms. The number of carbonyl (C=O) groups excluding carboxylic acids is 1. The first-order valence-electron chi connectivity index (χ1n) is 7.83. The van der Waals surface area contributed by atoms with Crippen LogP contribution >= 0.6 is 12.4 Å². The Morgan fingerprint density at radius 2 is 1.04 bits per heavy atom. The van der Waals surface area contributed by atoms with Crippen LogP contribution in [0.4, 0.5) is 0 Å². The smallest absolute Gasteiger partial charge is 0.207 e. The van der Waals surface area contributed by atoms with Crippen LogP contribution in [0.1, 0.15) is 6.92 Å². The molecule has 0 fully saturated rings. The molecular formula is C19H20ClN5O. The molecule has 0 bridgehead atoms. The third-order valence-corrected chi connectivity index (χ3v) is 3.03. The van der Waals surface area contributed by atoms with Crippen molar-refractivity contribution < 1.29 is 4.79 Å². The van der Waals surface area contributed by atoms with Gasteiger partial charge < -0.3 is 5.32 Å². The first-order valence-corrected chi connectivity index (χ1v) is 7.83. The van der Waals surface area contributed by atoms with Crippen LogP contribution in [0.3, 0.4) is 0 Å². The molecule has 4 aromatic heterocycles. The van der Waals surface area contributed by atoms with E-state index >= 15 is 0 Å². The molecular weight excluding hydrogens is 350 g/mol. The lowest BCUT2D eigenvalue weighted by Crippen LogP contribution is -2.07. The molecule has 6 nitrogen and oxygen atoms in total. The highest BCUT2D eigenvalue weighted by Gasteiger charge is 1.89. The summed E-state index contributed by atoms with van der Waals surface area (Å²) >= 11 is 0. The second kappa shape index (κ2) is 12.3. The van der Waals surface area contributed by atoms with Crippen molar-refractivity contribution in [1.29, 1.82) is 0 Å². The number of halogens is 1. The van der Waals surface area contributed by atoms with Crippen LogP contribution in [-0.2, 0) is 4.79 Å². The maximum absolute atomic E-state index is 9.29. The third-order valence-electron chi connectivity index (χ3n) is 3.03. The SMILES string of the molecule is CCNC=O.Cl.c1cnc2cccnc2c1.c1cnc2cccnc2c1. The summed E-state index contributed by atoms with van der Waals surface area (Å²) in [7, 11) is 0. The van der Waals surface area contributed by atoms with E-state index < -0.39 is 0 Å². The number of fused-ring (bicyclic) bond motifs is 2. The first-order chi connectivity index (χ1) is 12.3. The highest BCUT2D eigenvalue weighted by Crippen LogP contribution is 2.05. The van der Waals surface area contributed by atoms with Gasteiger partial charge in [0, 0.05) is 31.3 Å². The number of nitrogens with zero attached hydrogens (tertiary/aromatic N) is 4. The summed E-state index contributed by atoms with van der Waals surface area (Å²) in [6, 6.07) is 15.3. The maximum atomic E-state index is 9.29. The standard InChI is InChI=1S/2C8H6N2.C3H7NO.ClH/c2*1-3-7-8(9-5-1)4-2-6-10-7;1-2-4-3-5;/h2*1-6H;3H,2H2,1H3,(H,4,5);1H. The van der Waals surface area contributed by atoms with Crippen molar-refractivity contribution in [3.63, 3.8) is 0 Å². The van der Waals surface area contributed by atoms with E-state index in [4.69, 9.17) is 0 Å². The molecule has 1 N–H and O–H groups in total. The molecule has 0 unspecified atom stereocenters. The van der Waals surface area contributed by atoms with Crippen LogP contribution in [0.25, 0.3) is 22.1 Å². The predicted molar refractivity (Wildman–Crippen MR) is 106 cm³/mol. The predicted octanol–water partition coefficient (Wildman–Crippen LogP) is 3.43. The number of amides is 1. The minimum absolute atomic E-state index is 0. The summed E-state index contributed by atoms with van der Waals surface area (Å²) < 4.78 is 0. The van der Waals surface area contributed by atoms with Gasteiger partial charge in [0.15, 0.2) is 0 Å². The van der Waals surface area contributed by atoms with Crippen LogP contribution in [0.2, 0.25) is 0 Å². The van der Waals surface area contributed by atoms with Gasteiger partial charge in [-0.05, 0) is 55.5 Å². The van der Waals surface area contributed by atoms with Crippen LogP contribution in [0.5, 0.6) is 0 Å². The largest absolute Gasteiger partial charge is 0.359 e. The van der Waals surface area contributed by atoms with Gasteiger partial charge in [0.1, 0.15) is 0 Å². The lowest BCUT2D eigenvalue weighted by molar-refractivity contribution is -0.109. The Hall–Kier alpha value is -3.12. The minimum atomic E-state index is 0. The quantitative estimate of drug-likeness (QED) is 0.547. The average Bonchev–Trinajstić information content (AvgIpc) is 2.70. The normalized spacial score (nSPS) is 8.96. The Labute approximate surface area is 158 Å². The maximum Gasteiger partial charge on any atom is 0.207 e. The lowest BCUT2D eigenvalue weighted by Gasteiger charge is -1.90. The molecule has 0 saturated carbocycles. The van der Waals surface area contributed by atoms with Crippen LogP contribution in [-0.4, -0.2) is 32.9 Å². The third kappa shape index (κ3) is 6.78. The number of nitrogens with one attached hydrogen (secondary N) is 1. The van der Waals surface area contributed by atoms with Crippen molar-refractivity contribution >= 4 is 40.9 Å². The summed E-state index contributed by atoms with van der Waals surface area (Å²) in [6.45, 7) is 2.60. The van der Waals surface area contributed by atoms with E-state index in [1.807, 2.05) is 55.5 Å². The van der Waals surface area contributed by atoms with Crippen molar-refractivity contribution in [1.82, 2.24) is 25.3 Å². The topological polar surface area (TPSA) is 80.7 Å². The Morgan fingerprint density at radius 1 is 0.731 bits per heavy atom. The zero-order valence-corrected chi connectivity index (χ0v) is 15.1. The zero-order chi connectivity index (χ0) is 17.7. The molecule has 0 radical (unpaired) electrons. The van der Waals surface area contributed by atoms with Gasteiger partial charge in [-0.3, -0.25) is 24.7 Å². The molecule has 0 aromatic carbocycles. The summed E-state index contributed by atoms with van der Waals surface area (Å²) in [4.78, 5) is 25.8. The van der Waals surface area contributed by atoms with E-state index in [-0.39, 0.29) is 12.4 Å². The lowest BCUT2D eigenvalue weighted by atomic mass is 10.3. The molecule has 4 rings (SSSR count). The summed E-state index contributed by atoms with van der Waals surface area (Å²) in [5, 5.41) is 2.43. The fourth-order valence-corrected chi connectivity index (χ4v) is 1.89. The van der Waals surface area contributed by atoms with Gasteiger partial charge in [-0.25, -0.2) is 0 Å². The fraction of sp³-hybridized carbons (Fsp3) is 0.105. The molecule has 4 aromatic rings. The van der Waals surface area contributed by atoms with Crippen molar-refractivity contribution in [3.8, 4) is 0 Å². The van der Waals surface area contributed by atoms with Crippen LogP contribution in [0.15, 0.2) is 73.3 Å². The highest BCUT2D eigenvalue weighted by atomic mass is 35.5. The van der Waals surface area contributed by atoms with Gasteiger partial charge >= 0.3 is 0 Å². The second-order valence-electron chi connectivity index (χ2n) is 4.77. The van der Waals surface area contributed by atoms with Crippen molar-refractivity contribution in [3.05, 3.63) is 73.3 Å². The number of carbonyl (C=O) groups is 1. The highest BCUT2D eigenvalue weighted by molar-refractivity contribution is 5.85. The number of pyridine rings is 4. The number of hydrogen-bond donors (Lipinski definition) is 1. The van der Waals surface area contributed by atoms with Crippen molar-refractivity contribution in [2.45, 2.75) is 6.92 Å². The van der Waals surface area contributed by atoms with E-state index in [1.165, 1.54) is 0 Å². The molecule has 4 heterocycles. The number of rotatable bonds is 2. The van der Waals surface area contributed by atoms with E-state index in [1.54, 1.807) is 24.8 Å². The molecule has 0 aliphatic heterocycles. The Kier molecular flexibility index (Phi) is 9.88. The molecule has 1 amide bonds. The summed E-state index contributed by atoms with van der Waals surface area (Å²) in [5.41, 5.74) is 3.80. The molecule has 0 spiro atoms. The summed E-state index contributed by atoms with van der Waals surface area (Å²) in [6.07, 6.45) is 7.75. The first kappa shape index (κ1) is 20.9. The molecule has 0 saturated heterocycles. The monoisotopic (exact) mass is 369 g/mol. The van der Waals surface area contributed by atoms with Gasteiger partial charge in [-0.15, -0.1) is 12.4 Å². The van der Waals surface area contributed by atoms with E-state index in [0.717, 1.165) is 28.6 Å².